The zero-order valence-electron chi connectivity index (χ0n) is 15.0. The molecular weight excluding hydrogens is 316 g/mol. The van der Waals surface area contributed by atoms with Crippen molar-refractivity contribution in [2.45, 2.75) is 51.5 Å². The molecule has 1 aliphatic rings. The van der Waals surface area contributed by atoms with Crippen LogP contribution in [0.5, 0.6) is 0 Å². The minimum atomic E-state index is -0.117. The maximum absolute atomic E-state index is 5.97. The van der Waals surface area contributed by atoms with Gasteiger partial charge in [0.15, 0.2) is 17.3 Å². The van der Waals surface area contributed by atoms with Crippen LogP contribution in [-0.4, -0.2) is 33.1 Å². The average molecular weight is 340 g/mol. The first kappa shape index (κ1) is 16.3. The van der Waals surface area contributed by atoms with Crippen LogP contribution in [-0.2, 0) is 12.0 Å². The molecule has 1 saturated heterocycles. The van der Waals surface area contributed by atoms with Crippen molar-refractivity contribution in [3.05, 3.63) is 41.9 Å². The number of piperidine rings is 1. The number of rotatable bonds is 3. The molecule has 3 aromatic rings. The number of aromatic nitrogens is 3. The molecule has 0 unspecified atom stereocenters. The zero-order chi connectivity index (χ0) is 17.4. The second-order valence-corrected chi connectivity index (χ2v) is 7.86. The van der Waals surface area contributed by atoms with Crippen molar-refractivity contribution in [3.63, 3.8) is 0 Å². The van der Waals surface area contributed by atoms with Crippen LogP contribution >= 0.6 is 0 Å². The molecule has 0 N–H and O–H groups in total. The molecule has 132 valence electrons. The van der Waals surface area contributed by atoms with Crippen LogP contribution in [0.1, 0.15) is 57.1 Å². The van der Waals surface area contributed by atoms with Gasteiger partial charge in [-0.1, -0.05) is 38.1 Å². The zero-order valence-corrected chi connectivity index (χ0v) is 15.0. The molecule has 4 rings (SSSR count). The molecule has 0 amide bonds. The highest BCUT2D eigenvalue weighted by Crippen LogP contribution is 2.29. The first-order chi connectivity index (χ1) is 12.0. The lowest BCUT2D eigenvalue weighted by Gasteiger charge is -2.30. The Balaban J connectivity index is 1.46. The topological polar surface area (TPSA) is 68.2 Å². The van der Waals surface area contributed by atoms with Gasteiger partial charge < -0.3 is 8.94 Å². The third kappa shape index (κ3) is 3.44. The van der Waals surface area contributed by atoms with Crippen molar-refractivity contribution in [3.8, 4) is 0 Å². The summed E-state index contributed by atoms with van der Waals surface area (Å²) in [5.41, 5.74) is 1.68. The van der Waals surface area contributed by atoms with Crippen LogP contribution in [0.4, 0.5) is 0 Å². The van der Waals surface area contributed by atoms with E-state index in [-0.39, 0.29) is 5.41 Å². The lowest BCUT2D eigenvalue weighted by atomic mass is 9.97. The Morgan fingerprint density at radius 3 is 2.80 bits per heavy atom. The Morgan fingerprint density at radius 1 is 1.20 bits per heavy atom. The van der Waals surface area contributed by atoms with E-state index in [1.807, 2.05) is 24.3 Å². The van der Waals surface area contributed by atoms with Crippen LogP contribution < -0.4 is 0 Å². The first-order valence-electron chi connectivity index (χ1n) is 8.90. The van der Waals surface area contributed by atoms with Crippen molar-refractivity contribution in [1.29, 1.82) is 0 Å². The molecule has 0 spiro atoms. The third-order valence-corrected chi connectivity index (χ3v) is 4.64. The molecule has 1 atom stereocenters. The number of nitrogens with zero attached hydrogens (tertiary/aromatic N) is 4. The van der Waals surface area contributed by atoms with Crippen molar-refractivity contribution < 1.29 is 8.94 Å². The average Bonchev–Trinajstić information content (AvgIpc) is 3.21. The van der Waals surface area contributed by atoms with Crippen molar-refractivity contribution in [2.24, 2.45) is 0 Å². The van der Waals surface area contributed by atoms with Gasteiger partial charge in [-0.15, -0.1) is 0 Å². The predicted octanol–water partition coefficient (Wildman–Crippen LogP) is 3.89. The minimum absolute atomic E-state index is 0.117. The van der Waals surface area contributed by atoms with Crippen LogP contribution in [0, 0.1) is 0 Å². The maximum atomic E-state index is 5.97. The van der Waals surface area contributed by atoms with E-state index in [2.05, 4.69) is 40.8 Å². The van der Waals surface area contributed by atoms with Gasteiger partial charge in [0, 0.05) is 17.9 Å². The van der Waals surface area contributed by atoms with Crippen molar-refractivity contribution in [1.82, 2.24) is 20.0 Å². The Morgan fingerprint density at radius 2 is 2.04 bits per heavy atom. The quantitative estimate of drug-likeness (QED) is 0.720. The third-order valence-electron chi connectivity index (χ3n) is 4.64. The van der Waals surface area contributed by atoms with Gasteiger partial charge in [-0.05, 0) is 31.5 Å². The van der Waals surface area contributed by atoms with E-state index in [1.165, 1.54) is 0 Å². The Kier molecular flexibility index (Phi) is 4.07. The summed E-state index contributed by atoms with van der Waals surface area (Å²) in [6.45, 7) is 8.88. The van der Waals surface area contributed by atoms with E-state index in [1.54, 1.807) is 0 Å². The number of hydrogen-bond donors (Lipinski definition) is 0. The van der Waals surface area contributed by atoms with Gasteiger partial charge in [0.1, 0.15) is 5.52 Å². The summed E-state index contributed by atoms with van der Waals surface area (Å²) in [4.78, 5) is 11.6. The molecule has 0 saturated carbocycles. The predicted molar refractivity (Wildman–Crippen MR) is 94.3 cm³/mol. The van der Waals surface area contributed by atoms with E-state index in [0.29, 0.717) is 18.4 Å². The van der Waals surface area contributed by atoms with E-state index < -0.39 is 0 Å². The van der Waals surface area contributed by atoms with Gasteiger partial charge >= 0.3 is 0 Å². The van der Waals surface area contributed by atoms with E-state index in [4.69, 9.17) is 8.94 Å². The Bertz CT molecular complexity index is 829. The molecule has 6 nitrogen and oxygen atoms in total. The number of para-hydroxylation sites is 2. The molecular formula is C19H24N4O2. The SMILES string of the molecule is CC(C)(C)c1nc(CN2CCC[C@@H](c3nc4ccccc4o3)C2)no1. The standard InChI is InChI=1S/C19H24N4O2/c1-19(2,3)18-21-16(22-25-18)12-23-10-6-7-13(11-23)17-20-14-8-4-5-9-15(14)24-17/h4-5,8-9,13H,6-7,10-12H2,1-3H3/t13-/m1/s1. The fourth-order valence-corrected chi connectivity index (χ4v) is 3.29. The van der Waals surface area contributed by atoms with E-state index in [9.17, 15) is 0 Å². The highest BCUT2D eigenvalue weighted by atomic mass is 16.5. The molecule has 0 bridgehead atoms. The molecule has 1 fully saturated rings. The van der Waals surface area contributed by atoms with Crippen LogP contribution in [0.2, 0.25) is 0 Å². The van der Waals surface area contributed by atoms with Gasteiger partial charge in [-0.3, -0.25) is 4.90 Å². The number of fused-ring (bicyclic) bond motifs is 1. The second-order valence-electron chi connectivity index (χ2n) is 7.86. The van der Waals surface area contributed by atoms with Gasteiger partial charge in [-0.2, -0.15) is 4.98 Å². The number of oxazole rings is 1. The summed E-state index contributed by atoms with van der Waals surface area (Å²) in [6.07, 6.45) is 2.22. The van der Waals surface area contributed by atoms with E-state index >= 15 is 0 Å². The number of benzene rings is 1. The minimum Gasteiger partial charge on any atom is -0.440 e. The molecule has 6 heteroatoms. The fraction of sp³-hybridized carbons (Fsp3) is 0.526. The van der Waals surface area contributed by atoms with Crippen molar-refractivity contribution in [2.75, 3.05) is 13.1 Å². The normalized spacial score (nSPS) is 19.6. The summed E-state index contributed by atoms with van der Waals surface area (Å²) in [5.74, 6) is 2.60. The fourth-order valence-electron chi connectivity index (χ4n) is 3.29. The molecule has 0 radical (unpaired) electrons. The molecule has 1 aliphatic heterocycles. The maximum Gasteiger partial charge on any atom is 0.232 e. The van der Waals surface area contributed by atoms with Crippen LogP contribution in [0.25, 0.3) is 11.1 Å². The highest BCUT2D eigenvalue weighted by Gasteiger charge is 2.27. The van der Waals surface area contributed by atoms with Crippen LogP contribution in [0.15, 0.2) is 33.2 Å². The van der Waals surface area contributed by atoms with Crippen LogP contribution in [0.3, 0.4) is 0 Å². The molecule has 2 aromatic heterocycles. The smallest absolute Gasteiger partial charge is 0.232 e. The van der Waals surface area contributed by atoms with E-state index in [0.717, 1.165) is 48.7 Å². The largest absolute Gasteiger partial charge is 0.440 e. The lowest BCUT2D eigenvalue weighted by molar-refractivity contribution is 0.181. The van der Waals surface area contributed by atoms with Gasteiger partial charge in [0.25, 0.3) is 0 Å². The van der Waals surface area contributed by atoms with Crippen molar-refractivity contribution >= 4 is 11.1 Å². The molecule has 0 aliphatic carbocycles. The van der Waals surface area contributed by atoms with Gasteiger partial charge in [0.2, 0.25) is 5.89 Å². The summed E-state index contributed by atoms with van der Waals surface area (Å²) < 4.78 is 11.4. The highest BCUT2D eigenvalue weighted by molar-refractivity contribution is 5.72. The molecule has 1 aromatic carbocycles. The number of likely N-dealkylation sites (tertiary alicyclic amines) is 1. The lowest BCUT2D eigenvalue weighted by Crippen LogP contribution is -2.34. The summed E-state index contributed by atoms with van der Waals surface area (Å²) in [6, 6.07) is 7.94. The summed E-state index contributed by atoms with van der Waals surface area (Å²) >= 11 is 0. The second kappa shape index (κ2) is 6.26. The Labute approximate surface area is 147 Å². The first-order valence-corrected chi connectivity index (χ1v) is 8.90. The summed E-state index contributed by atoms with van der Waals surface area (Å²) in [7, 11) is 0. The Hall–Kier alpha value is -2.21. The van der Waals surface area contributed by atoms with Gasteiger partial charge in [-0.25, -0.2) is 4.98 Å². The number of hydrogen-bond acceptors (Lipinski definition) is 6. The summed E-state index contributed by atoms with van der Waals surface area (Å²) in [5, 5.41) is 4.14. The molecule has 25 heavy (non-hydrogen) atoms. The monoisotopic (exact) mass is 340 g/mol. The molecule has 3 heterocycles. The van der Waals surface area contributed by atoms with Gasteiger partial charge in [0.05, 0.1) is 6.54 Å².